The number of rotatable bonds is 8. The van der Waals surface area contributed by atoms with Crippen LogP contribution in [0.15, 0.2) is 11.6 Å². The Balaban J connectivity index is 1.33. The lowest BCUT2D eigenvalue weighted by Gasteiger charge is -2.58. The molecule has 12 heteroatoms. The van der Waals surface area contributed by atoms with Crippen molar-refractivity contribution in [3.8, 4) is 0 Å². The van der Waals surface area contributed by atoms with Gasteiger partial charge >= 0.3 is 23.9 Å². The molecule has 254 valence electrons. The first-order valence-electron chi connectivity index (χ1n) is 16.3. The summed E-state index contributed by atoms with van der Waals surface area (Å²) in [4.78, 5) is 75.0. The average molecular weight is 647 g/mol. The van der Waals surface area contributed by atoms with Crippen molar-refractivity contribution in [3.63, 3.8) is 0 Å². The second-order valence-electron chi connectivity index (χ2n) is 14.1. The van der Waals surface area contributed by atoms with Gasteiger partial charge in [0.25, 0.3) is 0 Å². The van der Waals surface area contributed by atoms with E-state index in [-0.39, 0.29) is 28.3 Å². The van der Waals surface area contributed by atoms with Crippen LogP contribution >= 0.6 is 0 Å². The van der Waals surface area contributed by atoms with Gasteiger partial charge in [-0.15, -0.1) is 0 Å². The lowest BCUT2D eigenvalue weighted by atomic mass is 9.46. The second kappa shape index (κ2) is 13.2. The van der Waals surface area contributed by atoms with Gasteiger partial charge in [-0.05, 0) is 79.6 Å². The predicted molar refractivity (Wildman–Crippen MR) is 158 cm³/mol. The number of hydrogen-bond donors (Lipinski definition) is 0. The molecule has 0 aromatic carbocycles. The molecule has 3 saturated carbocycles. The van der Waals surface area contributed by atoms with E-state index in [0.29, 0.717) is 24.2 Å². The minimum atomic E-state index is -1.59. The Bertz CT molecular complexity index is 1300. The van der Waals surface area contributed by atoms with Crippen LogP contribution in [0.2, 0.25) is 0 Å². The van der Waals surface area contributed by atoms with Gasteiger partial charge in [0.05, 0.1) is 7.11 Å². The van der Waals surface area contributed by atoms with Crippen LogP contribution in [0, 0.1) is 34.5 Å². The summed E-state index contributed by atoms with van der Waals surface area (Å²) in [5.41, 5.74) is 1.11. The Morgan fingerprint density at radius 1 is 0.826 bits per heavy atom. The van der Waals surface area contributed by atoms with E-state index in [0.717, 1.165) is 72.8 Å². The van der Waals surface area contributed by atoms with Crippen molar-refractivity contribution in [3.05, 3.63) is 11.6 Å². The number of esters is 4. The van der Waals surface area contributed by atoms with E-state index in [1.54, 1.807) is 0 Å². The molecule has 0 spiro atoms. The molecule has 1 heterocycles. The minimum absolute atomic E-state index is 0.0338. The maximum Gasteiger partial charge on any atom is 0.339 e. The highest BCUT2D eigenvalue weighted by atomic mass is 16.7. The van der Waals surface area contributed by atoms with E-state index < -0.39 is 61.2 Å². The zero-order valence-corrected chi connectivity index (χ0v) is 27.5. The summed E-state index contributed by atoms with van der Waals surface area (Å²) in [5.74, 6) is -2.12. The number of ether oxygens (including phenoxy) is 6. The van der Waals surface area contributed by atoms with Crippen LogP contribution in [-0.2, 0) is 57.2 Å². The second-order valence-corrected chi connectivity index (χ2v) is 14.1. The fourth-order valence-electron chi connectivity index (χ4n) is 9.57. The Hall–Kier alpha value is -3.12. The predicted octanol–water partition coefficient (Wildman–Crippen LogP) is 3.41. The molecule has 0 bridgehead atoms. The fraction of sp³-hybridized carbons (Fsp3) is 0.765. The van der Waals surface area contributed by atoms with Gasteiger partial charge in [0.15, 0.2) is 42.3 Å². The molecule has 12 nitrogen and oxygen atoms in total. The van der Waals surface area contributed by atoms with Crippen LogP contribution in [0.5, 0.6) is 0 Å². The van der Waals surface area contributed by atoms with Gasteiger partial charge in [0, 0.05) is 33.1 Å². The largest absolute Gasteiger partial charge is 0.467 e. The third-order valence-electron chi connectivity index (χ3n) is 11.6. The third-order valence-corrected chi connectivity index (χ3v) is 11.6. The first kappa shape index (κ1) is 34.2. The molecule has 46 heavy (non-hydrogen) atoms. The molecule has 5 rings (SSSR count). The molecule has 0 aromatic rings. The zero-order valence-electron chi connectivity index (χ0n) is 27.5. The molecule has 0 N–H and O–H groups in total. The van der Waals surface area contributed by atoms with E-state index in [9.17, 15) is 28.8 Å². The van der Waals surface area contributed by atoms with Crippen molar-refractivity contribution >= 4 is 35.4 Å². The zero-order chi connectivity index (χ0) is 33.6. The van der Waals surface area contributed by atoms with Crippen molar-refractivity contribution in [2.75, 3.05) is 13.7 Å². The third kappa shape index (κ3) is 6.26. The number of ketones is 2. The first-order chi connectivity index (χ1) is 21.7. The summed E-state index contributed by atoms with van der Waals surface area (Å²) < 4.78 is 32.8. The lowest BCUT2D eigenvalue weighted by molar-refractivity contribution is -0.300. The molecule has 11 unspecified atom stereocenters. The van der Waals surface area contributed by atoms with Crippen LogP contribution < -0.4 is 0 Å². The van der Waals surface area contributed by atoms with E-state index in [2.05, 4.69) is 13.8 Å². The smallest absolute Gasteiger partial charge is 0.339 e. The summed E-state index contributed by atoms with van der Waals surface area (Å²) in [6.45, 7) is 7.50. The Morgan fingerprint density at radius 2 is 1.48 bits per heavy atom. The van der Waals surface area contributed by atoms with E-state index in [1.807, 2.05) is 6.08 Å². The van der Waals surface area contributed by atoms with Crippen molar-refractivity contribution in [1.29, 1.82) is 0 Å². The SMILES string of the molecule is COC(=O)C1OC(OCC(=O)C2CCC3C4CCC5=CC(=O)CCC5(C)C4CCC23C)C(OC(C)=O)C(OC(C)=O)C1OC(C)=O. The van der Waals surface area contributed by atoms with Crippen molar-refractivity contribution in [2.45, 2.75) is 117 Å². The standard InChI is InChI=1S/C34H46O12/c1-17(35)43-27-28(44-18(2)36)30(45-19(3)37)32(46-29(27)31(40)41-6)42-16-26(39)25-10-9-23-22-8-7-20-15-21(38)11-13-33(20,4)24(22)12-14-34(23,25)5/h15,22-25,27-30,32H,7-14,16H2,1-6H3. The summed E-state index contributed by atoms with van der Waals surface area (Å²) in [6.07, 6.45) is 1.34. The van der Waals surface area contributed by atoms with Gasteiger partial charge in [-0.2, -0.15) is 0 Å². The highest BCUT2D eigenvalue weighted by Gasteiger charge is 2.60. The molecule has 11 atom stereocenters. The van der Waals surface area contributed by atoms with Gasteiger partial charge in [0.2, 0.25) is 0 Å². The topological polar surface area (TPSA) is 158 Å². The van der Waals surface area contributed by atoms with Crippen molar-refractivity contribution in [2.24, 2.45) is 34.5 Å². The van der Waals surface area contributed by atoms with Gasteiger partial charge in [-0.25, -0.2) is 4.79 Å². The molecule has 5 aliphatic rings. The molecular weight excluding hydrogens is 600 g/mol. The van der Waals surface area contributed by atoms with Gasteiger partial charge in [-0.3, -0.25) is 24.0 Å². The molecule has 0 amide bonds. The van der Waals surface area contributed by atoms with Gasteiger partial charge in [-0.1, -0.05) is 19.4 Å². The van der Waals surface area contributed by atoms with Crippen LogP contribution in [0.4, 0.5) is 0 Å². The van der Waals surface area contributed by atoms with Crippen LogP contribution in [0.25, 0.3) is 0 Å². The maximum absolute atomic E-state index is 13.9. The number of fused-ring (bicyclic) bond motifs is 5. The minimum Gasteiger partial charge on any atom is -0.467 e. The summed E-state index contributed by atoms with van der Waals surface area (Å²) in [5, 5.41) is 0. The highest BCUT2D eigenvalue weighted by Crippen LogP contribution is 2.66. The molecule has 0 radical (unpaired) electrons. The number of carbonyl (C=O) groups is 6. The number of Topliss-reactive ketones (excluding diaryl/α,β-unsaturated/α-hetero) is 1. The van der Waals surface area contributed by atoms with Crippen LogP contribution in [0.3, 0.4) is 0 Å². The Kier molecular flexibility index (Phi) is 9.80. The fourth-order valence-corrected chi connectivity index (χ4v) is 9.57. The van der Waals surface area contributed by atoms with E-state index in [4.69, 9.17) is 28.4 Å². The van der Waals surface area contributed by atoms with Gasteiger partial charge < -0.3 is 28.4 Å². The number of allylic oxidation sites excluding steroid dienone is 1. The average Bonchev–Trinajstić information content (AvgIpc) is 3.34. The summed E-state index contributed by atoms with van der Waals surface area (Å²) in [7, 11) is 1.11. The lowest BCUT2D eigenvalue weighted by Crippen LogP contribution is -2.64. The molecule has 0 aromatic heterocycles. The van der Waals surface area contributed by atoms with Crippen LogP contribution in [0.1, 0.15) is 86.0 Å². The number of hydrogen-bond acceptors (Lipinski definition) is 12. The van der Waals surface area contributed by atoms with Crippen molar-refractivity contribution < 1.29 is 57.2 Å². The van der Waals surface area contributed by atoms with E-state index in [1.165, 1.54) is 5.57 Å². The van der Waals surface area contributed by atoms with E-state index >= 15 is 0 Å². The quantitative estimate of drug-likeness (QED) is 0.280. The number of carbonyl (C=O) groups excluding carboxylic acids is 6. The van der Waals surface area contributed by atoms with Crippen molar-refractivity contribution in [1.82, 2.24) is 0 Å². The molecule has 1 saturated heterocycles. The van der Waals surface area contributed by atoms with Crippen LogP contribution in [-0.4, -0.2) is 79.9 Å². The molecule has 4 fully saturated rings. The Labute approximate surface area is 269 Å². The van der Waals surface area contributed by atoms with Gasteiger partial charge in [0.1, 0.15) is 6.61 Å². The maximum atomic E-state index is 13.9. The Morgan fingerprint density at radius 3 is 2.13 bits per heavy atom. The normalized spacial score (nSPS) is 39.9. The molecule has 4 aliphatic carbocycles. The molecular formula is C34H46O12. The summed E-state index contributed by atoms with van der Waals surface area (Å²) >= 11 is 0. The first-order valence-corrected chi connectivity index (χ1v) is 16.3. The number of methoxy groups -OCH3 is 1. The highest BCUT2D eigenvalue weighted by molar-refractivity contribution is 5.91. The summed E-state index contributed by atoms with van der Waals surface area (Å²) in [6, 6.07) is 0. The molecule has 1 aliphatic heterocycles. The monoisotopic (exact) mass is 646 g/mol.